The first-order valence-electron chi connectivity index (χ1n) is 5.28. The molecule has 2 heterocycles. The van der Waals surface area contributed by atoms with Crippen LogP contribution in [0.5, 0.6) is 0 Å². The molecule has 10 heteroatoms. The third-order valence-corrected chi connectivity index (χ3v) is 2.92. The van der Waals surface area contributed by atoms with Crippen LogP contribution in [0.3, 0.4) is 0 Å². The molecule has 104 valence electrons. The molecular formula is C9H13N5O5. The van der Waals surface area contributed by atoms with E-state index in [1.54, 1.807) is 0 Å². The summed E-state index contributed by atoms with van der Waals surface area (Å²) in [7, 11) is 0. The molecule has 10 nitrogen and oxygen atoms in total. The van der Waals surface area contributed by atoms with E-state index in [9.17, 15) is 20.1 Å². The second kappa shape index (κ2) is 4.66. The number of rotatable bonds is 3. The molecule has 0 bridgehead atoms. The number of nitrogens with two attached hydrogens (primary N) is 1. The van der Waals surface area contributed by atoms with Crippen LogP contribution in [0.1, 0.15) is 6.23 Å². The minimum atomic E-state index is -1.80. The van der Waals surface area contributed by atoms with E-state index >= 15 is 0 Å². The summed E-state index contributed by atoms with van der Waals surface area (Å²) >= 11 is 0. The van der Waals surface area contributed by atoms with Crippen LogP contribution in [0.4, 0.5) is 5.95 Å². The number of aromatic nitrogens is 3. The van der Waals surface area contributed by atoms with Crippen LogP contribution in [0, 0.1) is 0 Å². The highest BCUT2D eigenvalue weighted by Crippen LogP contribution is 2.36. The van der Waals surface area contributed by atoms with Gasteiger partial charge in [0.1, 0.15) is 18.5 Å². The molecule has 0 aliphatic carbocycles. The Kier molecular flexibility index (Phi) is 3.32. The number of hydrogen-bond acceptors (Lipinski definition) is 9. The van der Waals surface area contributed by atoms with E-state index in [1.165, 1.54) is 0 Å². The smallest absolute Gasteiger partial charge is 0.354 e. The quantitative estimate of drug-likeness (QED) is 0.420. The summed E-state index contributed by atoms with van der Waals surface area (Å²) in [5, 5.41) is 28.9. The van der Waals surface area contributed by atoms with Crippen molar-refractivity contribution in [3.8, 4) is 0 Å². The van der Waals surface area contributed by atoms with Crippen molar-refractivity contribution in [2.75, 3.05) is 12.3 Å². The highest BCUT2D eigenvalue weighted by atomic mass is 16.6. The first kappa shape index (κ1) is 13.5. The summed E-state index contributed by atoms with van der Waals surface area (Å²) in [6, 6.07) is 0. The molecule has 1 aromatic rings. The molecule has 0 amide bonds. The lowest BCUT2D eigenvalue weighted by Crippen LogP contribution is -2.44. The maximum atomic E-state index is 11.6. The van der Waals surface area contributed by atoms with Gasteiger partial charge in [-0.3, -0.25) is 9.56 Å². The maximum Gasteiger partial charge on any atom is 0.354 e. The Morgan fingerprint density at radius 1 is 1.63 bits per heavy atom. The Labute approximate surface area is 106 Å². The highest BCUT2D eigenvalue weighted by Gasteiger charge is 2.54. The molecule has 1 aliphatic heterocycles. The molecule has 2 rings (SSSR count). The van der Waals surface area contributed by atoms with Crippen LogP contribution >= 0.6 is 0 Å². The van der Waals surface area contributed by atoms with Crippen LogP contribution < -0.4 is 11.4 Å². The van der Waals surface area contributed by atoms with Crippen molar-refractivity contribution in [3.05, 3.63) is 16.8 Å². The van der Waals surface area contributed by atoms with Gasteiger partial charge in [-0.25, -0.2) is 9.78 Å². The third-order valence-electron chi connectivity index (χ3n) is 2.92. The van der Waals surface area contributed by atoms with E-state index in [2.05, 4.69) is 21.7 Å². The number of ether oxygens (including phenoxy) is 1. The maximum absolute atomic E-state index is 11.6. The molecule has 1 aliphatic rings. The number of nitrogen functional groups attached to an aromatic ring is 1. The Balaban J connectivity index is 2.42. The van der Waals surface area contributed by atoms with Gasteiger partial charge in [-0.1, -0.05) is 0 Å². The molecule has 0 spiro atoms. The molecule has 1 aromatic heterocycles. The zero-order valence-corrected chi connectivity index (χ0v) is 9.75. The van der Waals surface area contributed by atoms with E-state index < -0.39 is 36.5 Å². The minimum Gasteiger partial charge on any atom is -0.391 e. The lowest BCUT2D eigenvalue weighted by atomic mass is 10.1. The summed E-state index contributed by atoms with van der Waals surface area (Å²) in [4.78, 5) is 22.1. The van der Waals surface area contributed by atoms with Crippen LogP contribution in [0.15, 0.2) is 16.1 Å². The predicted molar refractivity (Wildman–Crippen MR) is 62.2 cm³/mol. The average molecular weight is 271 g/mol. The Morgan fingerprint density at radius 3 is 2.79 bits per heavy atom. The number of aliphatic hydroxyl groups is 3. The topological polar surface area (TPSA) is 156 Å². The van der Waals surface area contributed by atoms with Gasteiger partial charge in [0, 0.05) is 0 Å². The summed E-state index contributed by atoms with van der Waals surface area (Å²) < 4.78 is 6.08. The van der Waals surface area contributed by atoms with Crippen molar-refractivity contribution in [1.82, 2.24) is 14.5 Å². The van der Waals surface area contributed by atoms with E-state index in [-0.39, 0.29) is 5.95 Å². The first-order valence-corrected chi connectivity index (χ1v) is 5.28. The summed E-state index contributed by atoms with van der Waals surface area (Å²) in [6.45, 7) is 2.48. The van der Waals surface area contributed by atoms with Crippen molar-refractivity contribution in [3.63, 3.8) is 0 Å². The number of nitrogens with zero attached hydrogens (tertiary/aromatic N) is 4. The Bertz CT molecular complexity index is 548. The molecule has 4 unspecified atom stereocenters. The normalized spacial score (nSPS) is 34.4. The van der Waals surface area contributed by atoms with Crippen LogP contribution in [-0.2, 0) is 4.74 Å². The molecule has 0 saturated carbocycles. The van der Waals surface area contributed by atoms with Gasteiger partial charge < -0.3 is 25.8 Å². The zero-order valence-electron chi connectivity index (χ0n) is 9.75. The standard InChI is InChI=1S/C9H13N5O5/c1-11-9(2-15)5(17)4(16)6(19-9)14-3-12-7(10)13-8(14)18/h3-6,15-17H,1-2H2,(H2,10,13,18). The molecule has 0 radical (unpaired) electrons. The average Bonchev–Trinajstić information content (AvgIpc) is 2.64. The number of aliphatic imine (C=N–C) groups is 1. The molecule has 5 N–H and O–H groups in total. The van der Waals surface area contributed by atoms with E-state index in [1.807, 2.05) is 0 Å². The van der Waals surface area contributed by atoms with Crippen LogP contribution in [0.2, 0.25) is 0 Å². The van der Waals surface area contributed by atoms with Gasteiger partial charge >= 0.3 is 5.69 Å². The lowest BCUT2D eigenvalue weighted by Gasteiger charge is -2.24. The van der Waals surface area contributed by atoms with Crippen molar-refractivity contribution in [2.24, 2.45) is 4.99 Å². The van der Waals surface area contributed by atoms with Crippen molar-refractivity contribution < 1.29 is 20.1 Å². The van der Waals surface area contributed by atoms with Crippen molar-refractivity contribution >= 4 is 12.7 Å². The second-order valence-electron chi connectivity index (χ2n) is 4.01. The number of hydrogen-bond donors (Lipinski definition) is 4. The fourth-order valence-electron chi connectivity index (χ4n) is 1.83. The number of anilines is 1. The van der Waals surface area contributed by atoms with E-state index in [0.29, 0.717) is 0 Å². The SMILES string of the molecule is C=NC1(CO)OC(n2cnc(N)nc2=O)C(O)C1O. The number of aliphatic hydroxyl groups excluding tert-OH is 3. The molecule has 1 saturated heterocycles. The van der Waals surface area contributed by atoms with Gasteiger partial charge in [0.2, 0.25) is 11.7 Å². The second-order valence-corrected chi connectivity index (χ2v) is 4.01. The van der Waals surface area contributed by atoms with Gasteiger partial charge in [-0.2, -0.15) is 4.98 Å². The third kappa shape index (κ3) is 2.00. The van der Waals surface area contributed by atoms with E-state index in [4.69, 9.17) is 10.5 Å². The monoisotopic (exact) mass is 271 g/mol. The molecule has 4 atom stereocenters. The summed E-state index contributed by atoms with van der Waals surface area (Å²) in [5.41, 5.74) is 2.62. The minimum absolute atomic E-state index is 0.232. The van der Waals surface area contributed by atoms with Crippen molar-refractivity contribution in [1.29, 1.82) is 0 Å². The fourth-order valence-corrected chi connectivity index (χ4v) is 1.83. The fraction of sp³-hybridized carbons (Fsp3) is 0.556. The summed E-state index contributed by atoms with van der Waals surface area (Å²) in [5.74, 6) is -0.232. The van der Waals surface area contributed by atoms with Crippen molar-refractivity contribution in [2.45, 2.75) is 24.2 Å². The zero-order chi connectivity index (χ0) is 14.2. The van der Waals surface area contributed by atoms with Gasteiger partial charge in [0.15, 0.2) is 6.23 Å². The van der Waals surface area contributed by atoms with Gasteiger partial charge in [-0.15, -0.1) is 0 Å². The molecule has 0 aromatic carbocycles. The summed E-state index contributed by atoms with van der Waals surface area (Å²) in [6.07, 6.45) is -3.35. The Hall–Kier alpha value is -1.88. The molecule has 19 heavy (non-hydrogen) atoms. The highest BCUT2D eigenvalue weighted by molar-refractivity contribution is 5.26. The van der Waals surface area contributed by atoms with Crippen LogP contribution in [0.25, 0.3) is 0 Å². The van der Waals surface area contributed by atoms with Gasteiger partial charge in [0.25, 0.3) is 0 Å². The van der Waals surface area contributed by atoms with Gasteiger partial charge in [0.05, 0.1) is 6.61 Å². The van der Waals surface area contributed by atoms with Gasteiger partial charge in [-0.05, 0) is 6.72 Å². The predicted octanol–water partition coefficient (Wildman–Crippen LogP) is -3.14. The van der Waals surface area contributed by atoms with Crippen LogP contribution in [-0.4, -0.2) is 61.1 Å². The lowest BCUT2D eigenvalue weighted by molar-refractivity contribution is -0.123. The largest absolute Gasteiger partial charge is 0.391 e. The first-order chi connectivity index (χ1) is 8.95. The molecular weight excluding hydrogens is 258 g/mol. The molecule has 1 fully saturated rings. The van der Waals surface area contributed by atoms with E-state index in [0.717, 1.165) is 10.9 Å². The Morgan fingerprint density at radius 2 is 2.32 bits per heavy atom.